The van der Waals surface area contributed by atoms with Crippen LogP contribution in [0.3, 0.4) is 0 Å². The Bertz CT molecular complexity index is 356. The van der Waals surface area contributed by atoms with E-state index in [0.717, 1.165) is 12.5 Å². The van der Waals surface area contributed by atoms with Crippen molar-refractivity contribution >= 4 is 0 Å². The van der Waals surface area contributed by atoms with E-state index in [4.69, 9.17) is 0 Å². The average molecular weight is 308 g/mol. The first kappa shape index (κ1) is 21.1. The van der Waals surface area contributed by atoms with E-state index in [2.05, 4.69) is 61.8 Å². The molecule has 1 saturated carbocycles. The van der Waals surface area contributed by atoms with Crippen LogP contribution >= 0.6 is 0 Å². The fraction of sp³-hybridized carbons (Fsp3) is 0.700. The molecule has 0 saturated heterocycles. The summed E-state index contributed by atoms with van der Waals surface area (Å²) in [6.45, 7) is 5.50. The largest absolute Gasteiger partial charge is 0.388 e. The van der Waals surface area contributed by atoms with E-state index in [1.807, 2.05) is 0 Å². The van der Waals surface area contributed by atoms with Crippen LogP contribution in [0.2, 0.25) is 0 Å². The second-order valence-electron chi connectivity index (χ2n) is 6.24. The Kier molecular flexibility index (Phi) is 13.2. The average Bonchev–Trinajstić information content (AvgIpc) is 2.57. The van der Waals surface area contributed by atoms with Gasteiger partial charge in [-0.1, -0.05) is 57.4 Å². The van der Waals surface area contributed by atoms with Crippen molar-refractivity contribution in [1.29, 1.82) is 0 Å². The summed E-state index contributed by atoms with van der Waals surface area (Å²) < 4.78 is 4.25. The molecule has 0 spiro atoms. The number of benzene rings is 1. The van der Waals surface area contributed by atoms with Gasteiger partial charge >= 0.3 is 0 Å². The summed E-state index contributed by atoms with van der Waals surface area (Å²) in [7, 11) is 7.36. The predicted molar refractivity (Wildman–Crippen MR) is 98.8 cm³/mol. The van der Waals surface area contributed by atoms with Gasteiger partial charge in [0.05, 0.1) is 0 Å². The molecule has 1 aliphatic rings. The van der Waals surface area contributed by atoms with Gasteiger partial charge in [0, 0.05) is 14.2 Å². The summed E-state index contributed by atoms with van der Waals surface area (Å²) in [5.74, 6) is 0.857. The Labute approximate surface area is 138 Å². The second-order valence-corrected chi connectivity index (χ2v) is 6.24. The Morgan fingerprint density at radius 3 is 2.05 bits per heavy atom. The van der Waals surface area contributed by atoms with Crippen LogP contribution in [-0.2, 0) is 11.2 Å². The Hall–Kier alpha value is -0.860. The van der Waals surface area contributed by atoms with Crippen molar-refractivity contribution in [2.24, 2.45) is 0 Å². The molecule has 1 aliphatic carbocycles. The fourth-order valence-electron chi connectivity index (χ4n) is 2.50. The highest BCUT2D eigenvalue weighted by Crippen LogP contribution is 2.32. The zero-order valence-electron chi connectivity index (χ0n) is 15.7. The zero-order valence-corrected chi connectivity index (χ0v) is 15.7. The minimum absolute atomic E-state index is 0.857. The molecule has 0 bridgehead atoms. The molecular weight excluding hydrogens is 270 g/mol. The van der Waals surface area contributed by atoms with E-state index in [1.165, 1.54) is 44.1 Å². The van der Waals surface area contributed by atoms with E-state index >= 15 is 0 Å². The van der Waals surface area contributed by atoms with E-state index in [9.17, 15) is 0 Å². The molecule has 2 nitrogen and oxygen atoms in total. The van der Waals surface area contributed by atoms with Crippen molar-refractivity contribution in [3.8, 4) is 0 Å². The minimum atomic E-state index is 0.857. The predicted octanol–water partition coefficient (Wildman–Crippen LogP) is 5.13. The van der Waals surface area contributed by atoms with Crippen molar-refractivity contribution in [2.45, 2.75) is 58.3 Å². The molecular formula is C20H37NO. The van der Waals surface area contributed by atoms with E-state index in [-0.39, 0.29) is 0 Å². The van der Waals surface area contributed by atoms with Crippen LogP contribution in [0.15, 0.2) is 24.3 Å². The Morgan fingerprint density at radius 1 is 1.05 bits per heavy atom. The normalized spacial score (nSPS) is 14.7. The van der Waals surface area contributed by atoms with Gasteiger partial charge in [0.25, 0.3) is 0 Å². The summed E-state index contributed by atoms with van der Waals surface area (Å²) in [5.41, 5.74) is 3.08. The lowest BCUT2D eigenvalue weighted by atomic mass is 9.83. The maximum atomic E-state index is 4.25. The molecule has 1 fully saturated rings. The summed E-state index contributed by atoms with van der Waals surface area (Å²) in [6, 6.07) is 9.19. The van der Waals surface area contributed by atoms with Crippen LogP contribution in [0.5, 0.6) is 0 Å². The Morgan fingerprint density at radius 2 is 1.59 bits per heavy atom. The number of rotatable bonds is 3. The molecule has 0 unspecified atom stereocenters. The van der Waals surface area contributed by atoms with Crippen molar-refractivity contribution in [1.82, 2.24) is 4.90 Å². The first-order valence-corrected chi connectivity index (χ1v) is 8.72. The number of hydrogen-bond donors (Lipinski definition) is 0. The van der Waals surface area contributed by atoms with Gasteiger partial charge in [-0.25, -0.2) is 0 Å². The summed E-state index contributed by atoms with van der Waals surface area (Å²) in [6.07, 6.45) is 8.30. The van der Waals surface area contributed by atoms with E-state index < -0.39 is 0 Å². The van der Waals surface area contributed by atoms with Crippen molar-refractivity contribution in [2.75, 3.05) is 34.9 Å². The maximum absolute atomic E-state index is 4.25. The second kappa shape index (κ2) is 13.8. The molecule has 0 N–H and O–H groups in total. The van der Waals surface area contributed by atoms with Gasteiger partial charge in [0.15, 0.2) is 0 Å². The van der Waals surface area contributed by atoms with Crippen LogP contribution < -0.4 is 0 Å². The molecule has 128 valence electrons. The van der Waals surface area contributed by atoms with Crippen LogP contribution in [0, 0.1) is 0 Å². The van der Waals surface area contributed by atoms with Crippen LogP contribution in [0.4, 0.5) is 0 Å². The monoisotopic (exact) mass is 307 g/mol. The molecule has 2 rings (SSSR count). The fourth-order valence-corrected chi connectivity index (χ4v) is 2.50. The van der Waals surface area contributed by atoms with Gasteiger partial charge < -0.3 is 9.64 Å². The first-order chi connectivity index (χ1) is 10.6. The first-order valence-electron chi connectivity index (χ1n) is 8.72. The van der Waals surface area contributed by atoms with Crippen molar-refractivity contribution in [3.63, 3.8) is 0 Å². The zero-order chi connectivity index (χ0) is 16.8. The minimum Gasteiger partial charge on any atom is -0.388 e. The lowest BCUT2D eigenvalue weighted by Crippen LogP contribution is -2.08. The lowest BCUT2D eigenvalue weighted by molar-refractivity contribution is 0.277. The molecule has 1 aromatic carbocycles. The van der Waals surface area contributed by atoms with E-state index in [0.29, 0.717) is 0 Å². The molecule has 22 heavy (non-hydrogen) atoms. The third-order valence-electron chi connectivity index (χ3n) is 4.07. The van der Waals surface area contributed by atoms with Gasteiger partial charge in [-0.3, -0.25) is 0 Å². The third-order valence-corrected chi connectivity index (χ3v) is 4.07. The molecule has 2 heteroatoms. The summed E-state index contributed by atoms with van der Waals surface area (Å²) >= 11 is 0. The third kappa shape index (κ3) is 9.97. The highest BCUT2D eigenvalue weighted by Gasteiger charge is 2.15. The van der Waals surface area contributed by atoms with Crippen molar-refractivity contribution < 1.29 is 4.74 Å². The SMILES string of the molecule is CCN(C)C.CCc1cccc(C2CCCCC2)c1.COC. The Balaban J connectivity index is 0.000000465. The van der Waals surface area contributed by atoms with Crippen molar-refractivity contribution in [3.05, 3.63) is 35.4 Å². The van der Waals surface area contributed by atoms with Gasteiger partial charge in [0.1, 0.15) is 0 Å². The summed E-state index contributed by atoms with van der Waals surface area (Å²) in [4.78, 5) is 2.12. The smallest absolute Gasteiger partial charge is 0.0351 e. The number of methoxy groups -OCH3 is 1. The molecule has 1 aromatic rings. The number of ether oxygens (including phenoxy) is 1. The van der Waals surface area contributed by atoms with E-state index in [1.54, 1.807) is 19.8 Å². The molecule has 0 aromatic heterocycles. The van der Waals surface area contributed by atoms with Gasteiger partial charge in [-0.2, -0.15) is 0 Å². The molecule has 0 atom stereocenters. The van der Waals surface area contributed by atoms with Crippen LogP contribution in [0.1, 0.15) is 63.0 Å². The highest BCUT2D eigenvalue weighted by atomic mass is 16.4. The van der Waals surface area contributed by atoms with Gasteiger partial charge in [0.2, 0.25) is 0 Å². The molecule has 0 amide bonds. The highest BCUT2D eigenvalue weighted by molar-refractivity contribution is 5.26. The number of hydrogen-bond acceptors (Lipinski definition) is 2. The maximum Gasteiger partial charge on any atom is 0.0351 e. The number of aryl methyl sites for hydroxylation is 1. The molecule has 0 heterocycles. The number of nitrogens with zero attached hydrogens (tertiary/aromatic N) is 1. The van der Waals surface area contributed by atoms with Gasteiger partial charge in [-0.15, -0.1) is 0 Å². The molecule has 0 radical (unpaired) electrons. The summed E-state index contributed by atoms with van der Waals surface area (Å²) in [5, 5.41) is 0. The quantitative estimate of drug-likeness (QED) is 0.768. The molecule has 0 aliphatic heterocycles. The van der Waals surface area contributed by atoms with Crippen LogP contribution in [0.25, 0.3) is 0 Å². The lowest BCUT2D eigenvalue weighted by Gasteiger charge is -2.22. The standard InChI is InChI=1S/C14H20.C4H11N.C2H6O/c1-2-12-7-6-10-14(11-12)13-8-4-3-5-9-13;1-4-5(2)3;1-3-2/h6-7,10-11,13H,2-5,8-9H2,1H3;4H2,1-3H3;1-2H3. The topological polar surface area (TPSA) is 12.5 Å². The van der Waals surface area contributed by atoms with Gasteiger partial charge in [-0.05, 0) is 56.9 Å². The van der Waals surface area contributed by atoms with Crippen LogP contribution in [-0.4, -0.2) is 39.8 Å².